The normalized spacial score (nSPS) is 10.9. The Morgan fingerprint density at radius 3 is 1.00 bits per heavy atom. The van der Waals surface area contributed by atoms with Gasteiger partial charge in [0.15, 0.2) is 0 Å². The quantitative estimate of drug-likeness (QED) is 0.0643. The monoisotopic (exact) mass is 634 g/mol. The minimum Gasteiger partial charge on any atom is -0.338 e. The molecule has 0 spiro atoms. The molecule has 0 aromatic heterocycles. The Hall–Kier alpha value is -4.66. The molecule has 0 bridgehead atoms. The average Bonchev–Trinajstić information content (AvgIpc) is 3.12. The van der Waals surface area contributed by atoms with Gasteiger partial charge >= 0.3 is 12.1 Å². The molecule has 0 radical (unpaired) electrons. The van der Waals surface area contributed by atoms with Gasteiger partial charge in [0.05, 0.1) is 12.1 Å². The maximum Gasteiger partial charge on any atom is 0.315 e. The van der Waals surface area contributed by atoms with Crippen molar-refractivity contribution >= 4 is 12.1 Å². The third kappa shape index (κ3) is 13.3. The Bertz CT molecular complexity index is 1220. The molecule has 0 unspecified atom stereocenters. The number of rotatable bonds is 20. The highest BCUT2D eigenvalue weighted by molar-refractivity contribution is 5.75. The molecular formula is C39H50N6O2. The summed E-state index contributed by atoms with van der Waals surface area (Å²) in [4.78, 5) is 25.2. The zero-order valence-electron chi connectivity index (χ0n) is 27.3. The summed E-state index contributed by atoms with van der Waals surface area (Å²) >= 11 is 0. The highest BCUT2D eigenvalue weighted by atomic mass is 16.2. The third-order valence-electron chi connectivity index (χ3n) is 7.92. The number of carbonyl (C=O) groups excluding carboxylic acids is 2. The number of hydrogen-bond acceptors (Lipinski definition) is 4. The molecule has 8 nitrogen and oxygen atoms in total. The number of amides is 4. The number of hydrogen-bond donors (Lipinski definition) is 6. The molecule has 4 aromatic carbocycles. The van der Waals surface area contributed by atoms with Gasteiger partial charge in [0.1, 0.15) is 0 Å². The predicted octanol–water partition coefficient (Wildman–Crippen LogP) is 6.29. The van der Waals surface area contributed by atoms with Gasteiger partial charge in [-0.25, -0.2) is 9.59 Å². The zero-order valence-corrected chi connectivity index (χ0v) is 27.3. The first-order chi connectivity index (χ1) is 23.2. The van der Waals surface area contributed by atoms with Crippen LogP contribution in [0.3, 0.4) is 0 Å². The molecule has 0 atom stereocenters. The van der Waals surface area contributed by atoms with Gasteiger partial charge < -0.3 is 31.9 Å². The fourth-order valence-corrected chi connectivity index (χ4v) is 5.42. The van der Waals surface area contributed by atoms with Gasteiger partial charge in [-0.05, 0) is 74.1 Å². The smallest absolute Gasteiger partial charge is 0.315 e. The van der Waals surface area contributed by atoms with E-state index in [2.05, 4.69) is 31.9 Å². The van der Waals surface area contributed by atoms with Crippen molar-refractivity contribution in [1.29, 1.82) is 0 Å². The van der Waals surface area contributed by atoms with Crippen LogP contribution in [0.1, 0.15) is 66.4 Å². The topological polar surface area (TPSA) is 106 Å². The van der Waals surface area contributed by atoms with Crippen LogP contribution in [0.5, 0.6) is 0 Å². The lowest BCUT2D eigenvalue weighted by atomic mass is 9.99. The summed E-state index contributed by atoms with van der Waals surface area (Å²) < 4.78 is 0. The lowest BCUT2D eigenvalue weighted by molar-refractivity contribution is 0.237. The molecule has 4 rings (SSSR count). The van der Waals surface area contributed by atoms with Gasteiger partial charge in [-0.3, -0.25) is 0 Å². The maximum atomic E-state index is 12.6. The SMILES string of the molecule is O=C(NCCCNCCCCCNCCCNC(=O)NC(c1ccccc1)c1ccccc1)NC(c1ccccc1)c1ccccc1. The number of urea groups is 2. The first-order valence-electron chi connectivity index (χ1n) is 16.9. The largest absolute Gasteiger partial charge is 0.338 e. The highest BCUT2D eigenvalue weighted by Crippen LogP contribution is 2.22. The molecule has 0 saturated heterocycles. The first-order valence-corrected chi connectivity index (χ1v) is 16.9. The van der Waals surface area contributed by atoms with Gasteiger partial charge in [-0.2, -0.15) is 0 Å². The van der Waals surface area contributed by atoms with E-state index in [0.29, 0.717) is 13.1 Å². The molecule has 6 N–H and O–H groups in total. The maximum absolute atomic E-state index is 12.6. The molecule has 0 aliphatic carbocycles. The third-order valence-corrected chi connectivity index (χ3v) is 7.92. The van der Waals surface area contributed by atoms with Crippen molar-refractivity contribution in [3.05, 3.63) is 144 Å². The number of carbonyl (C=O) groups is 2. The molecule has 47 heavy (non-hydrogen) atoms. The molecule has 0 saturated carbocycles. The second-order valence-electron chi connectivity index (χ2n) is 11.6. The van der Waals surface area contributed by atoms with E-state index in [1.54, 1.807) is 0 Å². The van der Waals surface area contributed by atoms with Crippen LogP contribution in [0, 0.1) is 0 Å². The van der Waals surface area contributed by atoms with Crippen molar-refractivity contribution in [3.8, 4) is 0 Å². The van der Waals surface area contributed by atoms with Gasteiger partial charge in [-0.15, -0.1) is 0 Å². The van der Waals surface area contributed by atoms with Crippen molar-refractivity contribution in [2.45, 2.75) is 44.2 Å². The Morgan fingerprint density at radius 2 is 0.681 bits per heavy atom. The Kier molecular flexibility index (Phi) is 15.9. The van der Waals surface area contributed by atoms with Crippen LogP contribution in [0.2, 0.25) is 0 Å². The molecule has 0 aliphatic rings. The van der Waals surface area contributed by atoms with Crippen LogP contribution < -0.4 is 31.9 Å². The van der Waals surface area contributed by atoms with E-state index in [1.807, 2.05) is 121 Å². The summed E-state index contributed by atoms with van der Waals surface area (Å²) in [5, 5.41) is 19.2. The van der Waals surface area contributed by atoms with E-state index in [0.717, 1.165) is 80.5 Å². The van der Waals surface area contributed by atoms with Crippen LogP contribution in [0.25, 0.3) is 0 Å². The fraction of sp³-hybridized carbons (Fsp3) is 0.333. The summed E-state index contributed by atoms with van der Waals surface area (Å²) in [7, 11) is 0. The van der Waals surface area contributed by atoms with Crippen LogP contribution in [0.4, 0.5) is 9.59 Å². The van der Waals surface area contributed by atoms with Crippen molar-refractivity contribution in [3.63, 3.8) is 0 Å². The second kappa shape index (κ2) is 21.2. The Balaban J connectivity index is 0.967. The molecule has 0 heterocycles. The summed E-state index contributed by atoms with van der Waals surface area (Å²) in [6.07, 6.45) is 5.15. The molecular weight excluding hydrogens is 584 g/mol. The van der Waals surface area contributed by atoms with E-state index in [1.165, 1.54) is 0 Å². The van der Waals surface area contributed by atoms with Crippen LogP contribution in [0.15, 0.2) is 121 Å². The number of nitrogens with one attached hydrogen (secondary N) is 6. The standard InChI is InChI=1S/C39H50N6O2/c46-38(44-36(32-18-6-1-7-19-32)33-20-8-2-9-21-33)42-30-16-28-40-26-14-5-15-27-41-29-17-31-43-39(47)45-37(34-22-10-3-11-23-34)35-24-12-4-13-25-35/h1-4,6-13,18-25,36-37,40-41H,5,14-17,26-31H2,(H2,42,44,46)(H2,43,45,47). The van der Waals surface area contributed by atoms with Crippen LogP contribution >= 0.6 is 0 Å². The van der Waals surface area contributed by atoms with Crippen molar-refractivity contribution < 1.29 is 9.59 Å². The summed E-state index contributed by atoms with van der Waals surface area (Å²) in [6, 6.07) is 39.4. The van der Waals surface area contributed by atoms with Crippen molar-refractivity contribution in [1.82, 2.24) is 31.9 Å². The zero-order chi connectivity index (χ0) is 32.8. The summed E-state index contributed by atoms with van der Waals surface area (Å²) in [5.41, 5.74) is 4.22. The molecule has 4 amide bonds. The predicted molar refractivity (Wildman–Crippen MR) is 191 cm³/mol. The minimum absolute atomic E-state index is 0.158. The molecule has 0 fully saturated rings. The Morgan fingerprint density at radius 1 is 0.383 bits per heavy atom. The van der Waals surface area contributed by atoms with Crippen LogP contribution in [-0.4, -0.2) is 51.3 Å². The van der Waals surface area contributed by atoms with Gasteiger partial charge in [-0.1, -0.05) is 128 Å². The summed E-state index contributed by atoms with van der Waals surface area (Å²) in [6.45, 7) is 4.94. The highest BCUT2D eigenvalue weighted by Gasteiger charge is 2.17. The first kappa shape index (κ1) is 35.2. The lowest BCUT2D eigenvalue weighted by Gasteiger charge is -2.20. The van der Waals surface area contributed by atoms with E-state index in [4.69, 9.17) is 0 Å². The lowest BCUT2D eigenvalue weighted by Crippen LogP contribution is -2.39. The van der Waals surface area contributed by atoms with Crippen LogP contribution in [-0.2, 0) is 0 Å². The number of unbranched alkanes of at least 4 members (excludes halogenated alkanes) is 2. The number of benzene rings is 4. The van der Waals surface area contributed by atoms with E-state index >= 15 is 0 Å². The molecule has 8 heteroatoms. The minimum atomic E-state index is -0.188. The molecule has 4 aromatic rings. The average molecular weight is 635 g/mol. The summed E-state index contributed by atoms with van der Waals surface area (Å²) in [5.74, 6) is 0. The van der Waals surface area contributed by atoms with E-state index in [-0.39, 0.29) is 24.1 Å². The van der Waals surface area contributed by atoms with Crippen molar-refractivity contribution in [2.75, 3.05) is 39.3 Å². The molecule has 0 aliphatic heterocycles. The van der Waals surface area contributed by atoms with Crippen molar-refractivity contribution in [2.24, 2.45) is 0 Å². The second-order valence-corrected chi connectivity index (χ2v) is 11.6. The van der Waals surface area contributed by atoms with E-state index < -0.39 is 0 Å². The van der Waals surface area contributed by atoms with E-state index in [9.17, 15) is 9.59 Å². The molecule has 248 valence electrons. The van der Waals surface area contributed by atoms with Gasteiger partial charge in [0.25, 0.3) is 0 Å². The Labute approximate surface area is 280 Å². The van der Waals surface area contributed by atoms with Gasteiger partial charge in [0.2, 0.25) is 0 Å². The fourth-order valence-electron chi connectivity index (χ4n) is 5.42. The van der Waals surface area contributed by atoms with Gasteiger partial charge in [0, 0.05) is 13.1 Å².